The maximum absolute atomic E-state index is 13.4. The van der Waals surface area contributed by atoms with E-state index in [-0.39, 0.29) is 32.7 Å². The molecule has 0 radical (unpaired) electrons. The Bertz CT molecular complexity index is 1630. The zero-order chi connectivity index (χ0) is 28.2. The molecule has 0 fully saturated rings. The van der Waals surface area contributed by atoms with Gasteiger partial charge in [0.05, 0.1) is 16.0 Å². The van der Waals surface area contributed by atoms with Crippen molar-refractivity contribution in [2.45, 2.75) is 17.9 Å². The molecule has 0 saturated heterocycles. The normalized spacial score (nSPS) is 11.9. The number of ether oxygens (including phenoxy) is 1. The van der Waals surface area contributed by atoms with E-state index in [1.54, 1.807) is 19.1 Å². The minimum absolute atomic E-state index is 0.0336. The zero-order valence-corrected chi connectivity index (χ0v) is 21.8. The number of nitrogens with zero attached hydrogens (tertiary/aromatic N) is 1. The van der Waals surface area contributed by atoms with Gasteiger partial charge in [0.15, 0.2) is 0 Å². The number of hydrogen-bond donors (Lipinski definition) is 2. The van der Waals surface area contributed by atoms with Gasteiger partial charge in [-0.15, -0.1) is 0 Å². The first-order chi connectivity index (χ1) is 18.5. The quantitative estimate of drug-likeness (QED) is 0.292. The van der Waals surface area contributed by atoms with E-state index in [9.17, 15) is 26.8 Å². The van der Waals surface area contributed by atoms with Gasteiger partial charge in [-0.3, -0.25) is 9.59 Å². The zero-order valence-electron chi connectivity index (χ0n) is 20.2. The van der Waals surface area contributed by atoms with E-state index in [0.717, 1.165) is 18.2 Å². The molecule has 2 amide bonds. The Balaban J connectivity index is 1.45. The van der Waals surface area contributed by atoms with E-state index in [4.69, 9.17) is 16.3 Å². The van der Waals surface area contributed by atoms with Crippen LogP contribution in [0.4, 0.5) is 8.78 Å². The molecule has 1 heterocycles. The second-order valence-corrected chi connectivity index (χ2v) is 10.4. The molecule has 0 aliphatic carbocycles. The molecular weight excluding hydrogens is 552 g/mol. The predicted octanol–water partition coefficient (Wildman–Crippen LogP) is 5.42. The number of hydrogen-bond acceptors (Lipinski definition) is 6. The van der Waals surface area contributed by atoms with E-state index >= 15 is 0 Å². The van der Waals surface area contributed by atoms with Crippen LogP contribution in [0.1, 0.15) is 39.2 Å². The lowest BCUT2D eigenvalue weighted by Gasteiger charge is -2.16. The molecule has 1 aromatic heterocycles. The lowest BCUT2D eigenvalue weighted by Crippen LogP contribution is -2.30. The van der Waals surface area contributed by atoms with Crippen molar-refractivity contribution in [3.05, 3.63) is 118 Å². The summed E-state index contributed by atoms with van der Waals surface area (Å²) in [4.78, 5) is 29.2. The molecule has 200 valence electrons. The van der Waals surface area contributed by atoms with E-state index in [1.165, 1.54) is 54.7 Å². The molecule has 3 aromatic carbocycles. The van der Waals surface area contributed by atoms with Crippen molar-refractivity contribution in [3.8, 4) is 11.6 Å². The third-order valence-corrected chi connectivity index (χ3v) is 6.98. The average Bonchev–Trinajstić information content (AvgIpc) is 2.90. The molecule has 0 aliphatic rings. The minimum atomic E-state index is -4.28. The summed E-state index contributed by atoms with van der Waals surface area (Å²) in [5.41, 5.74) is 0.674. The van der Waals surface area contributed by atoms with Crippen LogP contribution in [0, 0.1) is 11.6 Å². The molecular formula is C27H20ClF2N3O5S. The fourth-order valence-corrected chi connectivity index (χ4v) is 4.60. The highest BCUT2D eigenvalue weighted by molar-refractivity contribution is 7.90. The number of benzene rings is 3. The van der Waals surface area contributed by atoms with Crippen LogP contribution in [0.25, 0.3) is 0 Å². The fourth-order valence-electron chi connectivity index (χ4n) is 3.44. The van der Waals surface area contributed by atoms with Crippen LogP contribution >= 0.6 is 11.6 Å². The summed E-state index contributed by atoms with van der Waals surface area (Å²) in [5, 5.41) is 2.98. The van der Waals surface area contributed by atoms with E-state index in [0.29, 0.717) is 5.56 Å². The van der Waals surface area contributed by atoms with Gasteiger partial charge in [-0.05, 0) is 73.2 Å². The number of sulfonamides is 1. The Morgan fingerprint density at radius 1 is 0.923 bits per heavy atom. The summed E-state index contributed by atoms with van der Waals surface area (Å²) < 4.78 is 58.9. The molecule has 0 aliphatic heterocycles. The van der Waals surface area contributed by atoms with Crippen molar-refractivity contribution < 1.29 is 31.5 Å². The average molecular weight is 572 g/mol. The molecule has 4 aromatic rings. The number of pyridine rings is 1. The first-order valence-corrected chi connectivity index (χ1v) is 13.2. The monoisotopic (exact) mass is 571 g/mol. The second-order valence-electron chi connectivity index (χ2n) is 8.27. The van der Waals surface area contributed by atoms with Gasteiger partial charge in [0, 0.05) is 11.8 Å². The maximum Gasteiger partial charge on any atom is 0.264 e. The van der Waals surface area contributed by atoms with E-state index in [1.807, 2.05) is 4.72 Å². The molecule has 0 spiro atoms. The van der Waals surface area contributed by atoms with Crippen LogP contribution in [0.15, 0.2) is 90.0 Å². The van der Waals surface area contributed by atoms with Crippen LogP contribution in [0.3, 0.4) is 0 Å². The summed E-state index contributed by atoms with van der Waals surface area (Å²) in [6.07, 6.45) is 1.30. The van der Waals surface area contributed by atoms with Gasteiger partial charge in [0.2, 0.25) is 5.88 Å². The van der Waals surface area contributed by atoms with Crippen LogP contribution in [-0.2, 0) is 10.0 Å². The highest BCUT2D eigenvalue weighted by Crippen LogP contribution is 2.26. The maximum atomic E-state index is 13.4. The molecule has 8 nitrogen and oxygen atoms in total. The summed E-state index contributed by atoms with van der Waals surface area (Å²) in [6, 6.07) is 16.1. The Kier molecular flexibility index (Phi) is 8.22. The van der Waals surface area contributed by atoms with Gasteiger partial charge in [-0.2, -0.15) is 0 Å². The molecule has 39 heavy (non-hydrogen) atoms. The Morgan fingerprint density at radius 2 is 1.62 bits per heavy atom. The smallest absolute Gasteiger partial charge is 0.264 e. The number of carbonyl (C=O) groups excluding carboxylic acids is 2. The highest BCUT2D eigenvalue weighted by atomic mass is 35.5. The van der Waals surface area contributed by atoms with E-state index < -0.39 is 39.5 Å². The van der Waals surface area contributed by atoms with Crippen LogP contribution in [0.2, 0.25) is 5.02 Å². The molecule has 0 bridgehead atoms. The molecule has 2 N–H and O–H groups in total. The summed E-state index contributed by atoms with van der Waals surface area (Å²) in [7, 11) is -4.28. The number of rotatable bonds is 8. The van der Waals surface area contributed by atoms with Gasteiger partial charge in [0.25, 0.3) is 21.8 Å². The lowest BCUT2D eigenvalue weighted by molar-refractivity contribution is 0.0934. The fraction of sp³-hybridized carbons (Fsp3) is 0.0741. The number of amides is 2. The van der Waals surface area contributed by atoms with Crippen LogP contribution in [0.5, 0.6) is 11.6 Å². The molecule has 4 rings (SSSR count). The summed E-state index contributed by atoms with van der Waals surface area (Å²) >= 11 is 6.03. The largest absolute Gasteiger partial charge is 0.438 e. The van der Waals surface area contributed by atoms with E-state index in [2.05, 4.69) is 10.3 Å². The summed E-state index contributed by atoms with van der Waals surface area (Å²) in [5.74, 6) is -2.44. The number of nitrogens with one attached hydrogen (secondary N) is 2. The van der Waals surface area contributed by atoms with Gasteiger partial charge >= 0.3 is 0 Å². The first kappa shape index (κ1) is 27.7. The van der Waals surface area contributed by atoms with Crippen LogP contribution < -0.4 is 14.8 Å². The van der Waals surface area contributed by atoms with Crippen LogP contribution in [-0.4, -0.2) is 25.2 Å². The summed E-state index contributed by atoms with van der Waals surface area (Å²) in [6.45, 7) is 1.69. The highest BCUT2D eigenvalue weighted by Gasteiger charge is 2.21. The number of halogens is 3. The van der Waals surface area contributed by atoms with Crippen molar-refractivity contribution >= 4 is 33.4 Å². The Morgan fingerprint density at radius 3 is 2.28 bits per heavy atom. The molecule has 0 unspecified atom stereocenters. The molecule has 0 saturated carbocycles. The van der Waals surface area contributed by atoms with Gasteiger partial charge in [0.1, 0.15) is 22.9 Å². The van der Waals surface area contributed by atoms with Crippen molar-refractivity contribution in [2.24, 2.45) is 0 Å². The minimum Gasteiger partial charge on any atom is -0.438 e. The topological polar surface area (TPSA) is 114 Å². The van der Waals surface area contributed by atoms with Gasteiger partial charge in [-0.1, -0.05) is 29.8 Å². The first-order valence-electron chi connectivity index (χ1n) is 11.3. The number of carbonyl (C=O) groups is 2. The second kappa shape index (κ2) is 11.6. The van der Waals surface area contributed by atoms with Crippen molar-refractivity contribution in [3.63, 3.8) is 0 Å². The van der Waals surface area contributed by atoms with Crippen molar-refractivity contribution in [1.29, 1.82) is 0 Å². The Labute approximate surface area is 227 Å². The standard InChI is InChI=1S/C27H20ClF2N3O5S/c1-16(32-26(35)24-13-19(28)15-31-27(24)38-22-11-9-20(29)10-12-22)17-5-7-18(8-6-17)25(34)33-39(36,37)23-4-2-3-21(30)14-23/h2-16H,1H3,(H,32,35)(H,33,34)/t16-/m0/s1. The number of aromatic nitrogens is 1. The van der Waals surface area contributed by atoms with Gasteiger partial charge in [-0.25, -0.2) is 26.9 Å². The molecule has 1 atom stereocenters. The molecule has 12 heteroatoms. The van der Waals surface area contributed by atoms with Gasteiger partial charge < -0.3 is 10.1 Å². The van der Waals surface area contributed by atoms with Crippen molar-refractivity contribution in [1.82, 2.24) is 15.0 Å². The third-order valence-electron chi connectivity index (χ3n) is 5.44. The lowest BCUT2D eigenvalue weighted by atomic mass is 10.1. The Hall–Kier alpha value is -4.35. The third kappa shape index (κ3) is 6.95. The predicted molar refractivity (Wildman–Crippen MR) is 139 cm³/mol. The SMILES string of the molecule is C[C@H](NC(=O)c1cc(Cl)cnc1Oc1ccc(F)cc1)c1ccc(C(=O)NS(=O)(=O)c2cccc(F)c2)cc1. The van der Waals surface area contributed by atoms with Crippen molar-refractivity contribution in [2.75, 3.05) is 0 Å².